The molecule has 40 heavy (non-hydrogen) atoms. The Morgan fingerprint density at radius 2 is 1.35 bits per heavy atom. The molecule has 4 amide bonds. The molecule has 0 saturated carbocycles. The average molecular weight is 546 g/mol. The molecule has 0 spiro atoms. The van der Waals surface area contributed by atoms with Crippen LogP contribution in [0.5, 0.6) is 5.75 Å². The number of ether oxygens (including phenoxy) is 3. The summed E-state index contributed by atoms with van der Waals surface area (Å²) in [5, 5.41) is 5.49. The number of methoxy groups -OCH3 is 1. The zero-order chi connectivity index (χ0) is 28.6. The summed E-state index contributed by atoms with van der Waals surface area (Å²) in [6.07, 6.45) is -0.309. The van der Waals surface area contributed by atoms with E-state index in [4.69, 9.17) is 14.2 Å². The van der Waals surface area contributed by atoms with Gasteiger partial charge in [-0.15, -0.1) is 0 Å². The zero-order valence-corrected chi connectivity index (χ0v) is 21.9. The van der Waals surface area contributed by atoms with Crippen molar-refractivity contribution in [2.75, 3.05) is 37.5 Å². The summed E-state index contributed by atoms with van der Waals surface area (Å²) in [5.74, 6) is -1.42. The van der Waals surface area contributed by atoms with Crippen molar-refractivity contribution in [1.29, 1.82) is 0 Å². The fourth-order valence-corrected chi connectivity index (χ4v) is 3.96. The molecule has 206 valence electrons. The summed E-state index contributed by atoms with van der Waals surface area (Å²) in [5.41, 5.74) is 1.98. The van der Waals surface area contributed by atoms with E-state index in [9.17, 15) is 24.0 Å². The van der Waals surface area contributed by atoms with Crippen molar-refractivity contribution in [3.63, 3.8) is 0 Å². The van der Waals surface area contributed by atoms with Crippen LogP contribution in [-0.2, 0) is 9.47 Å². The number of fused-ring (bicyclic) bond motifs is 1. The molecule has 0 bridgehead atoms. The molecular weight excluding hydrogens is 518 g/mol. The third kappa shape index (κ3) is 6.51. The number of amides is 4. The number of carbonyl (C=O) groups excluding carboxylic acids is 5. The summed E-state index contributed by atoms with van der Waals surface area (Å²) in [6.45, 7) is 2.51. The Morgan fingerprint density at radius 1 is 0.775 bits per heavy atom. The van der Waals surface area contributed by atoms with Gasteiger partial charge in [0.2, 0.25) is 0 Å². The Kier molecular flexibility index (Phi) is 8.87. The highest BCUT2D eigenvalue weighted by atomic mass is 16.7. The lowest BCUT2D eigenvalue weighted by Crippen LogP contribution is -2.31. The molecule has 0 radical (unpaired) electrons. The van der Waals surface area contributed by atoms with Gasteiger partial charge in [0.15, 0.2) is 0 Å². The van der Waals surface area contributed by atoms with Gasteiger partial charge in [0, 0.05) is 42.8 Å². The molecule has 0 atom stereocenters. The molecule has 0 unspecified atom stereocenters. The third-order valence-electron chi connectivity index (χ3n) is 5.94. The number of carbonyl (C=O) groups is 5. The smallest absolute Gasteiger partial charge is 0.434 e. The molecule has 0 saturated heterocycles. The van der Waals surface area contributed by atoms with Gasteiger partial charge in [-0.05, 0) is 80.1 Å². The number of nitrogens with zero attached hydrogens (tertiary/aromatic N) is 1. The molecule has 11 nitrogen and oxygen atoms in total. The Balaban J connectivity index is 1.34. The second kappa shape index (κ2) is 12.7. The minimum atomic E-state index is -0.827. The van der Waals surface area contributed by atoms with Crippen molar-refractivity contribution >= 4 is 41.2 Å². The summed E-state index contributed by atoms with van der Waals surface area (Å²) in [6, 6.07) is 16.8. The van der Waals surface area contributed by atoms with Crippen molar-refractivity contribution in [2.24, 2.45) is 0 Å². The SMILES string of the molecule is CCOC(=O)Oc1ccc(C(=O)Nc2ccc(NC(=O)c3ccc4c(c3)C(=O)N(CCCOC)C4=O)cc2)cc1. The molecule has 1 heterocycles. The molecule has 2 N–H and O–H groups in total. The molecule has 1 aliphatic heterocycles. The molecule has 3 aromatic carbocycles. The third-order valence-corrected chi connectivity index (χ3v) is 5.94. The lowest BCUT2D eigenvalue weighted by molar-refractivity contribution is 0.0637. The van der Waals surface area contributed by atoms with E-state index >= 15 is 0 Å². The van der Waals surface area contributed by atoms with Crippen molar-refractivity contribution < 1.29 is 38.2 Å². The Bertz CT molecular complexity index is 1430. The first-order valence-corrected chi connectivity index (χ1v) is 12.5. The minimum Gasteiger partial charge on any atom is -0.434 e. The highest BCUT2D eigenvalue weighted by Crippen LogP contribution is 2.25. The first-order chi connectivity index (χ1) is 19.3. The van der Waals surface area contributed by atoms with Crippen LogP contribution in [0.25, 0.3) is 0 Å². The van der Waals surface area contributed by atoms with Gasteiger partial charge < -0.3 is 24.8 Å². The van der Waals surface area contributed by atoms with Crippen LogP contribution in [0.1, 0.15) is 54.8 Å². The highest BCUT2D eigenvalue weighted by molar-refractivity contribution is 6.22. The minimum absolute atomic E-state index is 0.188. The van der Waals surface area contributed by atoms with Crippen molar-refractivity contribution in [1.82, 2.24) is 4.90 Å². The van der Waals surface area contributed by atoms with Gasteiger partial charge in [-0.25, -0.2) is 4.79 Å². The predicted octanol–water partition coefficient (Wildman–Crippen LogP) is 4.36. The van der Waals surface area contributed by atoms with Crippen LogP contribution in [0.3, 0.4) is 0 Å². The fraction of sp³-hybridized carbons (Fsp3) is 0.207. The molecule has 4 rings (SSSR count). The molecule has 11 heteroatoms. The van der Waals surface area contributed by atoms with Crippen molar-refractivity contribution in [3.8, 4) is 5.75 Å². The molecule has 0 aromatic heterocycles. The highest BCUT2D eigenvalue weighted by Gasteiger charge is 2.35. The second-order valence-electron chi connectivity index (χ2n) is 8.66. The maximum Gasteiger partial charge on any atom is 0.513 e. The van der Waals surface area contributed by atoms with E-state index < -0.39 is 18.0 Å². The maximum atomic E-state index is 12.8. The quantitative estimate of drug-likeness (QED) is 0.166. The Labute approximate surface area is 230 Å². The number of anilines is 2. The summed E-state index contributed by atoms with van der Waals surface area (Å²) >= 11 is 0. The van der Waals surface area contributed by atoms with Crippen LogP contribution in [0.4, 0.5) is 16.2 Å². The van der Waals surface area contributed by atoms with Crippen molar-refractivity contribution in [3.05, 3.63) is 89.0 Å². The van der Waals surface area contributed by atoms with Crippen LogP contribution >= 0.6 is 0 Å². The largest absolute Gasteiger partial charge is 0.513 e. The van der Waals surface area contributed by atoms with Crippen LogP contribution in [0.15, 0.2) is 66.7 Å². The second-order valence-corrected chi connectivity index (χ2v) is 8.66. The van der Waals surface area contributed by atoms with E-state index in [2.05, 4.69) is 10.6 Å². The van der Waals surface area contributed by atoms with E-state index in [0.717, 1.165) is 4.90 Å². The van der Waals surface area contributed by atoms with Crippen LogP contribution in [0.2, 0.25) is 0 Å². The average Bonchev–Trinajstić information content (AvgIpc) is 3.19. The fourth-order valence-electron chi connectivity index (χ4n) is 3.96. The lowest BCUT2D eigenvalue weighted by atomic mass is 10.1. The molecular formula is C29H27N3O8. The Hall–Kier alpha value is -5.03. The van der Waals surface area contributed by atoms with Gasteiger partial charge in [0.1, 0.15) is 5.75 Å². The number of hydrogen-bond acceptors (Lipinski definition) is 8. The van der Waals surface area contributed by atoms with Gasteiger partial charge in [-0.3, -0.25) is 24.1 Å². The number of benzene rings is 3. The van der Waals surface area contributed by atoms with E-state index in [1.807, 2.05) is 0 Å². The van der Waals surface area contributed by atoms with E-state index in [1.165, 1.54) is 42.5 Å². The predicted molar refractivity (Wildman–Crippen MR) is 145 cm³/mol. The summed E-state index contributed by atoms with van der Waals surface area (Å²) < 4.78 is 14.7. The molecule has 0 fully saturated rings. The van der Waals surface area contributed by atoms with Gasteiger partial charge in [0.05, 0.1) is 17.7 Å². The standard InChI is InChI=1S/C29H27N3O8/c1-3-39-29(37)40-22-12-5-18(6-13-22)25(33)30-20-8-10-21(11-9-20)31-26(34)19-7-14-23-24(17-19)28(36)32(27(23)35)15-4-16-38-2/h5-14,17H,3-4,15-16H2,1-2H3,(H,30,33)(H,31,34). The normalized spacial score (nSPS) is 12.1. The van der Waals surface area contributed by atoms with Gasteiger partial charge >= 0.3 is 6.16 Å². The summed E-state index contributed by atoms with van der Waals surface area (Å²) in [7, 11) is 1.55. The number of imide groups is 1. The Morgan fingerprint density at radius 3 is 1.95 bits per heavy atom. The van der Waals surface area contributed by atoms with Crippen molar-refractivity contribution in [2.45, 2.75) is 13.3 Å². The number of rotatable bonds is 10. The lowest BCUT2D eigenvalue weighted by Gasteiger charge is -2.12. The van der Waals surface area contributed by atoms with E-state index in [1.54, 1.807) is 38.3 Å². The number of hydrogen-bond donors (Lipinski definition) is 2. The van der Waals surface area contributed by atoms with Gasteiger partial charge in [0.25, 0.3) is 23.6 Å². The monoisotopic (exact) mass is 545 g/mol. The van der Waals surface area contributed by atoms with Crippen LogP contribution < -0.4 is 15.4 Å². The van der Waals surface area contributed by atoms with E-state index in [-0.39, 0.29) is 47.4 Å². The first kappa shape index (κ1) is 28.0. The molecule has 1 aliphatic rings. The zero-order valence-electron chi connectivity index (χ0n) is 21.9. The van der Waals surface area contributed by atoms with Crippen LogP contribution in [-0.4, -0.2) is 61.6 Å². The topological polar surface area (TPSA) is 140 Å². The van der Waals surface area contributed by atoms with Gasteiger partial charge in [-0.2, -0.15) is 0 Å². The van der Waals surface area contributed by atoms with Gasteiger partial charge in [-0.1, -0.05) is 0 Å². The maximum absolute atomic E-state index is 12.8. The van der Waals surface area contributed by atoms with E-state index in [0.29, 0.717) is 30.0 Å². The number of nitrogens with one attached hydrogen (secondary N) is 2. The van der Waals surface area contributed by atoms with Crippen LogP contribution in [0, 0.1) is 0 Å². The summed E-state index contributed by atoms with van der Waals surface area (Å²) in [4.78, 5) is 63.2. The molecule has 0 aliphatic carbocycles. The first-order valence-electron chi connectivity index (χ1n) is 12.5. The molecule has 3 aromatic rings.